The van der Waals surface area contributed by atoms with Gasteiger partial charge in [0.1, 0.15) is 18.1 Å². The van der Waals surface area contributed by atoms with E-state index >= 15 is 0 Å². The van der Waals surface area contributed by atoms with Crippen molar-refractivity contribution < 1.29 is 14.3 Å². The molecule has 0 radical (unpaired) electrons. The molecule has 3 heterocycles. The summed E-state index contributed by atoms with van der Waals surface area (Å²) in [5.74, 6) is 2.02. The number of hydrogen-bond donors (Lipinski definition) is 2. The maximum atomic E-state index is 12.5. The van der Waals surface area contributed by atoms with Crippen LogP contribution in [0.1, 0.15) is 11.4 Å². The maximum Gasteiger partial charge on any atom is 0.227 e. The van der Waals surface area contributed by atoms with Crippen molar-refractivity contribution in [3.8, 4) is 23.0 Å². The van der Waals surface area contributed by atoms with E-state index in [0.717, 1.165) is 5.56 Å². The van der Waals surface area contributed by atoms with Gasteiger partial charge in [0, 0.05) is 12.4 Å². The summed E-state index contributed by atoms with van der Waals surface area (Å²) < 4.78 is 11.1. The molecule has 0 spiro atoms. The Labute approximate surface area is 155 Å². The van der Waals surface area contributed by atoms with E-state index < -0.39 is 0 Å². The standard InChI is InChI=1S/C18H18N6O3/c1-26-14-4-2-3-11-7-12(10-27-16(11)14)18(25)21-9-15-22-17(24-23-15)13-8-19-5-6-20-13/h2-6,8,12H,7,9-10H2,1H3,(H,21,25)(H,22,23,24). The lowest BCUT2D eigenvalue weighted by Gasteiger charge is -2.25. The number of para-hydroxylation sites is 1. The summed E-state index contributed by atoms with van der Waals surface area (Å²) in [4.78, 5) is 25.0. The first-order valence-electron chi connectivity index (χ1n) is 8.48. The lowest BCUT2D eigenvalue weighted by atomic mass is 9.95. The lowest BCUT2D eigenvalue weighted by molar-refractivity contribution is -0.126. The van der Waals surface area contributed by atoms with Crippen molar-refractivity contribution >= 4 is 5.91 Å². The average Bonchev–Trinajstić information content (AvgIpc) is 3.21. The first-order valence-corrected chi connectivity index (χ1v) is 8.48. The number of methoxy groups -OCH3 is 1. The number of fused-ring (bicyclic) bond motifs is 1. The highest BCUT2D eigenvalue weighted by molar-refractivity contribution is 5.79. The number of nitrogens with zero attached hydrogens (tertiary/aromatic N) is 4. The summed E-state index contributed by atoms with van der Waals surface area (Å²) in [7, 11) is 1.60. The minimum atomic E-state index is -0.271. The number of nitrogens with one attached hydrogen (secondary N) is 2. The van der Waals surface area contributed by atoms with E-state index in [4.69, 9.17) is 9.47 Å². The van der Waals surface area contributed by atoms with Crippen LogP contribution in [0.2, 0.25) is 0 Å². The predicted octanol–water partition coefficient (Wildman–Crippen LogP) is 1.14. The zero-order chi connectivity index (χ0) is 18.6. The Morgan fingerprint density at radius 3 is 3.15 bits per heavy atom. The van der Waals surface area contributed by atoms with Gasteiger partial charge in [-0.2, -0.15) is 5.10 Å². The van der Waals surface area contributed by atoms with Crippen LogP contribution in [0.5, 0.6) is 11.5 Å². The van der Waals surface area contributed by atoms with E-state index in [2.05, 4.69) is 30.5 Å². The van der Waals surface area contributed by atoms with E-state index in [1.165, 1.54) is 0 Å². The molecular weight excluding hydrogens is 348 g/mol. The minimum Gasteiger partial charge on any atom is -0.493 e. The molecule has 3 aromatic rings. The van der Waals surface area contributed by atoms with Gasteiger partial charge in [-0.25, -0.2) is 9.97 Å². The first-order chi connectivity index (χ1) is 13.2. The molecule has 4 rings (SSSR count). The number of aromatic amines is 1. The fraction of sp³-hybridized carbons (Fsp3) is 0.278. The summed E-state index contributed by atoms with van der Waals surface area (Å²) in [6.07, 6.45) is 5.33. The molecule has 1 aromatic carbocycles. The smallest absolute Gasteiger partial charge is 0.227 e. The Balaban J connectivity index is 1.37. The van der Waals surface area contributed by atoms with Gasteiger partial charge in [-0.1, -0.05) is 12.1 Å². The topological polar surface area (TPSA) is 115 Å². The van der Waals surface area contributed by atoms with Crippen molar-refractivity contribution in [1.29, 1.82) is 0 Å². The average molecular weight is 366 g/mol. The van der Waals surface area contributed by atoms with Gasteiger partial charge >= 0.3 is 0 Å². The van der Waals surface area contributed by atoms with Crippen molar-refractivity contribution in [2.75, 3.05) is 13.7 Å². The number of hydrogen-bond acceptors (Lipinski definition) is 7. The number of ether oxygens (including phenoxy) is 2. The van der Waals surface area contributed by atoms with Crippen LogP contribution in [0.4, 0.5) is 0 Å². The zero-order valence-corrected chi connectivity index (χ0v) is 14.7. The van der Waals surface area contributed by atoms with Crippen molar-refractivity contribution in [3.63, 3.8) is 0 Å². The highest BCUT2D eigenvalue weighted by atomic mass is 16.5. The fourth-order valence-corrected chi connectivity index (χ4v) is 2.94. The maximum absolute atomic E-state index is 12.5. The molecule has 1 aliphatic heterocycles. The van der Waals surface area contributed by atoms with Crippen LogP contribution in [-0.4, -0.2) is 44.8 Å². The van der Waals surface area contributed by atoms with E-state index in [9.17, 15) is 4.79 Å². The second kappa shape index (κ2) is 7.40. The van der Waals surface area contributed by atoms with Crippen LogP contribution in [0.15, 0.2) is 36.8 Å². The molecule has 9 nitrogen and oxygen atoms in total. The quantitative estimate of drug-likeness (QED) is 0.696. The number of carbonyl (C=O) groups excluding carboxylic acids is 1. The molecule has 1 amide bonds. The summed E-state index contributed by atoms with van der Waals surface area (Å²) >= 11 is 0. The SMILES string of the molecule is COc1cccc2c1OCC(C(=O)NCc1nc(-c3cnccn3)n[nH]1)C2. The van der Waals surface area contributed by atoms with Gasteiger partial charge in [0.2, 0.25) is 11.7 Å². The number of amides is 1. The van der Waals surface area contributed by atoms with E-state index in [1.807, 2.05) is 18.2 Å². The van der Waals surface area contributed by atoms with Crippen molar-refractivity contribution in [1.82, 2.24) is 30.5 Å². The fourth-order valence-electron chi connectivity index (χ4n) is 2.94. The number of rotatable bonds is 5. The third kappa shape index (κ3) is 3.57. The Morgan fingerprint density at radius 2 is 2.33 bits per heavy atom. The van der Waals surface area contributed by atoms with Crippen LogP contribution in [0, 0.1) is 5.92 Å². The Morgan fingerprint density at radius 1 is 1.41 bits per heavy atom. The third-order valence-electron chi connectivity index (χ3n) is 4.30. The van der Waals surface area contributed by atoms with Crippen LogP contribution in [-0.2, 0) is 17.8 Å². The Hall–Kier alpha value is -3.49. The van der Waals surface area contributed by atoms with Gasteiger partial charge in [0.05, 0.1) is 25.8 Å². The van der Waals surface area contributed by atoms with E-state index in [-0.39, 0.29) is 18.4 Å². The van der Waals surface area contributed by atoms with Gasteiger partial charge in [-0.15, -0.1) is 0 Å². The molecule has 0 saturated carbocycles. The molecule has 0 saturated heterocycles. The summed E-state index contributed by atoms with van der Waals surface area (Å²) in [5, 5.41) is 9.77. The van der Waals surface area contributed by atoms with Gasteiger partial charge in [-0.05, 0) is 18.1 Å². The first kappa shape index (κ1) is 17.0. The third-order valence-corrected chi connectivity index (χ3v) is 4.30. The molecule has 27 heavy (non-hydrogen) atoms. The van der Waals surface area contributed by atoms with E-state index in [0.29, 0.717) is 41.9 Å². The van der Waals surface area contributed by atoms with E-state index in [1.54, 1.807) is 25.7 Å². The zero-order valence-electron chi connectivity index (χ0n) is 14.7. The summed E-state index contributed by atoms with van der Waals surface area (Å²) in [5.41, 5.74) is 1.53. The number of benzene rings is 1. The summed E-state index contributed by atoms with van der Waals surface area (Å²) in [6, 6.07) is 5.68. The van der Waals surface area contributed by atoms with Crippen LogP contribution in [0.25, 0.3) is 11.5 Å². The minimum absolute atomic E-state index is 0.0964. The van der Waals surface area contributed by atoms with Crippen molar-refractivity contribution in [3.05, 3.63) is 48.2 Å². The van der Waals surface area contributed by atoms with Gasteiger partial charge in [0.25, 0.3) is 0 Å². The second-order valence-corrected chi connectivity index (χ2v) is 6.07. The van der Waals surface area contributed by atoms with Gasteiger partial charge in [-0.3, -0.25) is 14.9 Å². The van der Waals surface area contributed by atoms with Crippen molar-refractivity contribution in [2.45, 2.75) is 13.0 Å². The monoisotopic (exact) mass is 366 g/mol. The van der Waals surface area contributed by atoms with Crippen molar-refractivity contribution in [2.24, 2.45) is 5.92 Å². The molecule has 0 fully saturated rings. The lowest BCUT2D eigenvalue weighted by Crippen LogP contribution is -2.37. The molecule has 1 aliphatic rings. The molecule has 0 bridgehead atoms. The number of H-pyrrole nitrogens is 1. The highest BCUT2D eigenvalue weighted by Gasteiger charge is 2.27. The van der Waals surface area contributed by atoms with Gasteiger partial charge < -0.3 is 14.8 Å². The van der Waals surface area contributed by atoms with Gasteiger partial charge in [0.15, 0.2) is 11.5 Å². The van der Waals surface area contributed by atoms with Crippen LogP contribution < -0.4 is 14.8 Å². The molecule has 9 heteroatoms. The molecule has 2 N–H and O–H groups in total. The summed E-state index contributed by atoms with van der Waals surface area (Å²) in [6.45, 7) is 0.550. The molecule has 1 unspecified atom stereocenters. The molecule has 138 valence electrons. The van der Waals surface area contributed by atoms with Crippen LogP contribution >= 0.6 is 0 Å². The van der Waals surface area contributed by atoms with Crippen LogP contribution in [0.3, 0.4) is 0 Å². The highest BCUT2D eigenvalue weighted by Crippen LogP contribution is 2.36. The predicted molar refractivity (Wildman–Crippen MR) is 94.9 cm³/mol. The normalized spacial score (nSPS) is 15.5. The second-order valence-electron chi connectivity index (χ2n) is 6.07. The number of carbonyl (C=O) groups is 1. The molecular formula is C18H18N6O3. The molecule has 0 aliphatic carbocycles. The Bertz CT molecular complexity index is 943. The molecule has 2 aromatic heterocycles. The Kier molecular flexibility index (Phi) is 4.65. The molecule has 1 atom stereocenters. The largest absolute Gasteiger partial charge is 0.493 e. The number of aromatic nitrogens is 5.